The van der Waals surface area contributed by atoms with Crippen molar-refractivity contribution in [2.24, 2.45) is 0 Å². The first-order valence-corrected chi connectivity index (χ1v) is 29.8. The first-order chi connectivity index (χ1) is 34.6. The number of hydrogen-bond donors (Lipinski definition) is 0. The number of unbranched alkanes of at least 4 members (excludes halogenated alkanes) is 27. The van der Waals surface area contributed by atoms with E-state index in [0.29, 0.717) is 19.4 Å². The van der Waals surface area contributed by atoms with Gasteiger partial charge in [0, 0.05) is 19.4 Å². The number of rotatable bonds is 54. The first kappa shape index (κ1) is 66.8. The molecule has 0 amide bonds. The minimum atomic E-state index is -0.559. The molecule has 0 aliphatic rings. The van der Waals surface area contributed by atoms with Gasteiger partial charge in [-0.15, -0.1) is 0 Å². The topological polar surface area (TPSA) is 61.8 Å². The Bertz CT molecular complexity index is 1330. The summed E-state index contributed by atoms with van der Waals surface area (Å²) in [6.45, 7) is 7.64. The van der Waals surface area contributed by atoms with Crippen LogP contribution < -0.4 is 0 Å². The monoisotopic (exact) mass is 973 g/mol. The SMILES string of the molecule is CC/C=C\C/C=C\C/C=C\C/C=C\CCCCCCC(=O)OCC(COCCCCCCCCCCCC/C=C\C/C=C\CCCCC)OC(=O)CCCCCCCCC/C=C\C/C=C\CCCCC. The van der Waals surface area contributed by atoms with Crippen molar-refractivity contribution in [1.29, 1.82) is 0 Å². The summed E-state index contributed by atoms with van der Waals surface area (Å²) in [4.78, 5) is 25.6. The van der Waals surface area contributed by atoms with E-state index in [9.17, 15) is 9.59 Å². The van der Waals surface area contributed by atoms with Crippen LogP contribution in [0.2, 0.25) is 0 Å². The van der Waals surface area contributed by atoms with E-state index in [-0.39, 0.29) is 25.2 Å². The Morgan fingerprint density at radius 1 is 0.329 bits per heavy atom. The summed E-state index contributed by atoms with van der Waals surface area (Å²) in [5.74, 6) is -0.431. The Labute approximate surface area is 434 Å². The fourth-order valence-corrected chi connectivity index (χ4v) is 8.15. The van der Waals surface area contributed by atoms with Crippen LogP contribution in [0.1, 0.15) is 278 Å². The quantitative estimate of drug-likeness (QED) is 0.0345. The summed E-state index contributed by atoms with van der Waals surface area (Å²) in [6, 6.07) is 0. The summed E-state index contributed by atoms with van der Waals surface area (Å²) in [5.41, 5.74) is 0. The molecule has 0 fully saturated rings. The lowest BCUT2D eigenvalue weighted by Gasteiger charge is -2.18. The molecule has 0 rings (SSSR count). The second kappa shape index (κ2) is 60.1. The summed E-state index contributed by atoms with van der Waals surface area (Å²) in [6.07, 6.45) is 81.4. The van der Waals surface area contributed by atoms with Crippen LogP contribution in [0.5, 0.6) is 0 Å². The Morgan fingerprint density at radius 2 is 0.643 bits per heavy atom. The highest BCUT2D eigenvalue weighted by Gasteiger charge is 2.17. The molecule has 0 spiro atoms. The fraction of sp³-hybridized carbons (Fsp3) is 0.723. The van der Waals surface area contributed by atoms with Gasteiger partial charge >= 0.3 is 11.9 Å². The summed E-state index contributed by atoms with van der Waals surface area (Å²) in [7, 11) is 0. The van der Waals surface area contributed by atoms with Crippen LogP contribution >= 0.6 is 0 Å². The van der Waals surface area contributed by atoms with Crippen molar-refractivity contribution in [1.82, 2.24) is 0 Å². The Balaban J connectivity index is 4.34. The van der Waals surface area contributed by atoms with E-state index in [1.54, 1.807) is 0 Å². The van der Waals surface area contributed by atoms with Crippen LogP contribution in [-0.2, 0) is 23.8 Å². The van der Waals surface area contributed by atoms with Gasteiger partial charge in [-0.3, -0.25) is 9.59 Å². The Kier molecular flexibility index (Phi) is 57.4. The van der Waals surface area contributed by atoms with Crippen molar-refractivity contribution in [3.63, 3.8) is 0 Å². The van der Waals surface area contributed by atoms with Gasteiger partial charge in [0.05, 0.1) is 6.61 Å². The molecule has 1 unspecified atom stereocenters. The molecule has 70 heavy (non-hydrogen) atoms. The number of hydrogen-bond acceptors (Lipinski definition) is 5. The van der Waals surface area contributed by atoms with Gasteiger partial charge in [-0.2, -0.15) is 0 Å². The van der Waals surface area contributed by atoms with Gasteiger partial charge in [-0.1, -0.05) is 240 Å². The molecule has 5 heteroatoms. The lowest BCUT2D eigenvalue weighted by Crippen LogP contribution is -2.30. The first-order valence-electron chi connectivity index (χ1n) is 29.8. The predicted molar refractivity (Wildman–Crippen MR) is 306 cm³/mol. The van der Waals surface area contributed by atoms with E-state index < -0.39 is 6.10 Å². The Hall–Kier alpha value is -3.18. The van der Waals surface area contributed by atoms with Crippen LogP contribution in [0.25, 0.3) is 0 Å². The van der Waals surface area contributed by atoms with Gasteiger partial charge in [0.25, 0.3) is 0 Å². The van der Waals surface area contributed by atoms with E-state index in [4.69, 9.17) is 14.2 Å². The molecule has 0 saturated carbocycles. The largest absolute Gasteiger partial charge is 0.462 e. The third kappa shape index (κ3) is 57.4. The zero-order valence-corrected chi connectivity index (χ0v) is 46.3. The molecule has 0 aliphatic heterocycles. The molecular weight excluding hydrogens is 861 g/mol. The molecule has 5 nitrogen and oxygen atoms in total. The Morgan fingerprint density at radius 3 is 1.03 bits per heavy atom. The molecule has 1 atom stereocenters. The molecule has 0 aromatic heterocycles. The minimum absolute atomic E-state index is 0.0644. The average Bonchev–Trinajstić information content (AvgIpc) is 3.36. The van der Waals surface area contributed by atoms with Crippen molar-refractivity contribution in [3.8, 4) is 0 Å². The normalized spacial score (nSPS) is 12.9. The van der Waals surface area contributed by atoms with Crippen LogP contribution in [0.4, 0.5) is 0 Å². The molecule has 0 saturated heterocycles. The van der Waals surface area contributed by atoms with Crippen molar-refractivity contribution >= 4 is 11.9 Å². The maximum Gasteiger partial charge on any atom is 0.306 e. The van der Waals surface area contributed by atoms with E-state index >= 15 is 0 Å². The third-order valence-corrected chi connectivity index (χ3v) is 12.6. The van der Waals surface area contributed by atoms with Crippen molar-refractivity contribution in [2.45, 2.75) is 284 Å². The molecule has 0 N–H and O–H groups in total. The van der Waals surface area contributed by atoms with Crippen molar-refractivity contribution in [2.75, 3.05) is 19.8 Å². The van der Waals surface area contributed by atoms with Gasteiger partial charge in [-0.05, 0) is 122 Å². The van der Waals surface area contributed by atoms with Gasteiger partial charge in [0.2, 0.25) is 0 Å². The van der Waals surface area contributed by atoms with E-state index in [1.165, 1.54) is 141 Å². The van der Waals surface area contributed by atoms with Gasteiger partial charge in [-0.25, -0.2) is 0 Å². The van der Waals surface area contributed by atoms with Crippen LogP contribution in [0, 0.1) is 0 Å². The van der Waals surface area contributed by atoms with Gasteiger partial charge < -0.3 is 14.2 Å². The summed E-state index contributed by atoms with van der Waals surface area (Å²) in [5, 5.41) is 0. The number of allylic oxidation sites excluding steroid dienone is 16. The van der Waals surface area contributed by atoms with Crippen molar-refractivity contribution < 1.29 is 23.8 Å². The third-order valence-electron chi connectivity index (χ3n) is 12.6. The molecule has 0 aromatic rings. The molecular formula is C65H112O5. The number of ether oxygens (including phenoxy) is 3. The highest BCUT2D eigenvalue weighted by Crippen LogP contribution is 2.15. The highest BCUT2D eigenvalue weighted by molar-refractivity contribution is 5.70. The zero-order chi connectivity index (χ0) is 50.6. The number of carbonyl (C=O) groups excluding carboxylic acids is 2. The van der Waals surface area contributed by atoms with E-state index in [0.717, 1.165) is 103 Å². The standard InChI is InChI=1S/C65H112O5/c1-4-7-10-13-16-19-22-25-28-31-32-33-36-39-42-45-48-51-54-57-60-68-61-63(70-65(67)59-56-53-50-47-44-41-38-35-30-27-24-21-18-15-12-9-6-3)62-69-64(66)58-55-52-49-46-43-40-37-34-29-26-23-20-17-14-11-8-5-2/h8,11,16-21,25-30,37,40,63H,4-7,9-10,12-15,22-24,31-36,38-39,41-62H2,1-3H3/b11-8-,19-16-,20-17-,21-18-,28-25-,29-26-,30-27-,40-37-. The van der Waals surface area contributed by atoms with E-state index in [1.807, 2.05) is 0 Å². The van der Waals surface area contributed by atoms with Crippen LogP contribution in [0.15, 0.2) is 97.2 Å². The zero-order valence-electron chi connectivity index (χ0n) is 46.3. The second-order valence-electron chi connectivity index (χ2n) is 19.5. The average molecular weight is 974 g/mol. The summed E-state index contributed by atoms with van der Waals surface area (Å²) < 4.78 is 17.5. The maximum atomic E-state index is 12.9. The molecule has 0 heterocycles. The highest BCUT2D eigenvalue weighted by atomic mass is 16.6. The van der Waals surface area contributed by atoms with Crippen LogP contribution in [-0.4, -0.2) is 37.9 Å². The lowest BCUT2D eigenvalue weighted by atomic mass is 10.1. The van der Waals surface area contributed by atoms with Crippen LogP contribution in [0.3, 0.4) is 0 Å². The predicted octanol–water partition coefficient (Wildman–Crippen LogP) is 20.6. The van der Waals surface area contributed by atoms with Crippen molar-refractivity contribution in [3.05, 3.63) is 97.2 Å². The summed E-state index contributed by atoms with van der Waals surface area (Å²) >= 11 is 0. The number of esters is 2. The smallest absolute Gasteiger partial charge is 0.306 e. The fourth-order valence-electron chi connectivity index (χ4n) is 8.15. The van der Waals surface area contributed by atoms with Gasteiger partial charge in [0.1, 0.15) is 6.61 Å². The van der Waals surface area contributed by atoms with Gasteiger partial charge in [0.15, 0.2) is 6.10 Å². The molecule has 0 aromatic carbocycles. The molecule has 402 valence electrons. The maximum absolute atomic E-state index is 12.9. The minimum Gasteiger partial charge on any atom is -0.462 e. The lowest BCUT2D eigenvalue weighted by molar-refractivity contribution is -0.163. The van der Waals surface area contributed by atoms with E-state index in [2.05, 4.69) is 118 Å². The number of carbonyl (C=O) groups is 2. The molecule has 0 radical (unpaired) electrons. The molecule has 0 bridgehead atoms. The second-order valence-corrected chi connectivity index (χ2v) is 19.5. The molecule has 0 aliphatic carbocycles.